The number of carboxylic acid groups (broad SMARTS) is 1. The Labute approximate surface area is 106 Å². The van der Waals surface area contributed by atoms with Gasteiger partial charge in [-0.25, -0.2) is 9.78 Å². The van der Waals surface area contributed by atoms with E-state index < -0.39 is 5.97 Å². The molecule has 2 aromatic heterocycles. The summed E-state index contributed by atoms with van der Waals surface area (Å²) in [5.41, 5.74) is 0.128. The van der Waals surface area contributed by atoms with Gasteiger partial charge in [0.1, 0.15) is 10.2 Å². The van der Waals surface area contributed by atoms with Gasteiger partial charge in [-0.15, -0.1) is 0 Å². The summed E-state index contributed by atoms with van der Waals surface area (Å²) in [6, 6.07) is 2.90. The molecular formula is C10H8ClN3O2S. The van der Waals surface area contributed by atoms with Crippen LogP contribution in [0.1, 0.15) is 10.4 Å². The molecule has 0 bridgehead atoms. The van der Waals surface area contributed by atoms with E-state index in [0.717, 1.165) is 4.90 Å². The molecule has 0 spiro atoms. The molecule has 0 atom stereocenters. The van der Waals surface area contributed by atoms with E-state index in [1.165, 1.54) is 23.9 Å². The van der Waals surface area contributed by atoms with E-state index in [2.05, 4.69) is 10.1 Å². The van der Waals surface area contributed by atoms with Gasteiger partial charge in [-0.3, -0.25) is 4.68 Å². The summed E-state index contributed by atoms with van der Waals surface area (Å²) in [5, 5.41) is 13.6. The fraction of sp³-hybridized carbons (Fsp3) is 0.100. The number of hydrogen-bond acceptors (Lipinski definition) is 4. The number of rotatable bonds is 3. The quantitative estimate of drug-likeness (QED) is 0.866. The van der Waals surface area contributed by atoms with E-state index >= 15 is 0 Å². The van der Waals surface area contributed by atoms with Gasteiger partial charge in [-0.1, -0.05) is 23.4 Å². The number of nitrogens with zero attached hydrogens (tertiary/aromatic N) is 3. The van der Waals surface area contributed by atoms with Crippen molar-refractivity contribution in [3.63, 3.8) is 0 Å². The minimum Gasteiger partial charge on any atom is -0.478 e. The van der Waals surface area contributed by atoms with E-state index in [4.69, 9.17) is 16.7 Å². The molecule has 0 aliphatic heterocycles. The second-order valence-electron chi connectivity index (χ2n) is 3.24. The lowest BCUT2D eigenvalue weighted by atomic mass is 10.3. The van der Waals surface area contributed by atoms with Crippen LogP contribution >= 0.6 is 23.4 Å². The normalized spacial score (nSPS) is 10.5. The summed E-state index contributed by atoms with van der Waals surface area (Å²) in [6.45, 7) is 0. The van der Waals surface area contributed by atoms with Crippen molar-refractivity contribution in [2.75, 3.05) is 0 Å². The predicted octanol–water partition coefficient (Wildman–Crippen LogP) is 2.32. The number of aryl methyl sites for hydroxylation is 1. The lowest BCUT2D eigenvalue weighted by Gasteiger charge is -2.03. The number of pyridine rings is 1. The van der Waals surface area contributed by atoms with Gasteiger partial charge in [0.25, 0.3) is 0 Å². The van der Waals surface area contributed by atoms with E-state index in [1.807, 2.05) is 0 Å². The van der Waals surface area contributed by atoms with Crippen LogP contribution in [0.4, 0.5) is 0 Å². The largest absolute Gasteiger partial charge is 0.478 e. The van der Waals surface area contributed by atoms with E-state index in [-0.39, 0.29) is 10.7 Å². The molecule has 0 amide bonds. The van der Waals surface area contributed by atoms with Crippen molar-refractivity contribution in [3.8, 4) is 0 Å². The summed E-state index contributed by atoms with van der Waals surface area (Å²) in [7, 11) is 1.79. The van der Waals surface area contributed by atoms with Gasteiger partial charge >= 0.3 is 5.97 Å². The summed E-state index contributed by atoms with van der Waals surface area (Å²) >= 11 is 6.97. The second-order valence-corrected chi connectivity index (χ2v) is 4.69. The first kappa shape index (κ1) is 11.9. The Hall–Kier alpha value is -1.53. The third-order valence-corrected chi connectivity index (χ3v) is 3.11. The highest BCUT2D eigenvalue weighted by Crippen LogP contribution is 2.29. The maximum absolute atomic E-state index is 11.0. The van der Waals surface area contributed by atoms with Crippen molar-refractivity contribution in [3.05, 3.63) is 35.2 Å². The van der Waals surface area contributed by atoms with Crippen LogP contribution in [0.3, 0.4) is 0 Å². The lowest BCUT2D eigenvalue weighted by molar-refractivity contribution is 0.0692. The first-order valence-corrected chi connectivity index (χ1v) is 5.82. The van der Waals surface area contributed by atoms with Crippen molar-refractivity contribution < 1.29 is 9.90 Å². The van der Waals surface area contributed by atoms with Crippen LogP contribution in [0.15, 0.2) is 34.4 Å². The van der Waals surface area contributed by atoms with Crippen molar-refractivity contribution in [1.29, 1.82) is 0 Å². The molecule has 1 N–H and O–H groups in total. The Morgan fingerprint density at radius 3 is 2.88 bits per heavy atom. The van der Waals surface area contributed by atoms with Gasteiger partial charge in [0.05, 0.1) is 16.7 Å². The molecule has 0 fully saturated rings. The Bertz CT molecular complexity index is 570. The molecule has 7 heteroatoms. The Morgan fingerprint density at radius 2 is 2.29 bits per heavy atom. The molecule has 0 aromatic carbocycles. The number of aromatic nitrogens is 3. The SMILES string of the molecule is Cn1cc(Sc2nc(Cl)ccc2C(=O)O)cn1. The zero-order valence-corrected chi connectivity index (χ0v) is 10.4. The standard InChI is InChI=1S/C10H8ClN3O2S/c1-14-5-6(4-12-14)17-9-7(10(15)16)2-3-8(11)13-9/h2-5H,1H3,(H,15,16). The van der Waals surface area contributed by atoms with Crippen LogP contribution in [0.2, 0.25) is 5.15 Å². The summed E-state index contributed by atoms with van der Waals surface area (Å²) < 4.78 is 1.63. The summed E-state index contributed by atoms with van der Waals surface area (Å²) in [4.78, 5) is 15.8. The Kier molecular flexibility index (Phi) is 3.35. The van der Waals surface area contributed by atoms with Crippen molar-refractivity contribution in [1.82, 2.24) is 14.8 Å². The fourth-order valence-electron chi connectivity index (χ4n) is 1.22. The molecule has 88 valence electrons. The molecule has 0 saturated heterocycles. The second kappa shape index (κ2) is 4.77. The first-order valence-electron chi connectivity index (χ1n) is 4.62. The summed E-state index contributed by atoms with van der Waals surface area (Å²) in [5.74, 6) is -1.03. The highest BCUT2D eigenvalue weighted by Gasteiger charge is 2.14. The smallest absolute Gasteiger partial charge is 0.338 e. The molecule has 2 aromatic rings. The van der Waals surface area contributed by atoms with E-state index in [9.17, 15) is 4.79 Å². The van der Waals surface area contributed by atoms with Crippen LogP contribution in [0.25, 0.3) is 0 Å². The van der Waals surface area contributed by atoms with Crippen LogP contribution in [-0.4, -0.2) is 25.8 Å². The van der Waals surface area contributed by atoms with Crippen molar-refractivity contribution >= 4 is 29.3 Å². The molecule has 0 radical (unpaired) electrons. The van der Waals surface area contributed by atoms with Crippen LogP contribution in [0, 0.1) is 0 Å². The zero-order valence-electron chi connectivity index (χ0n) is 8.79. The maximum Gasteiger partial charge on any atom is 0.338 e. The fourth-order valence-corrected chi connectivity index (χ4v) is 2.36. The van der Waals surface area contributed by atoms with Gasteiger partial charge in [0.15, 0.2) is 0 Å². The third-order valence-electron chi connectivity index (χ3n) is 1.95. The van der Waals surface area contributed by atoms with Gasteiger partial charge in [0, 0.05) is 13.2 Å². The lowest BCUT2D eigenvalue weighted by Crippen LogP contribution is -2.00. The molecule has 0 saturated carbocycles. The number of aromatic carboxylic acids is 1. The first-order chi connectivity index (χ1) is 8.06. The number of hydrogen-bond donors (Lipinski definition) is 1. The Balaban J connectivity index is 2.37. The van der Waals surface area contributed by atoms with Crippen molar-refractivity contribution in [2.45, 2.75) is 9.92 Å². The predicted molar refractivity (Wildman–Crippen MR) is 63.5 cm³/mol. The molecule has 0 unspecified atom stereocenters. The summed E-state index contributed by atoms with van der Waals surface area (Å²) in [6.07, 6.45) is 3.41. The average Bonchev–Trinajstić information content (AvgIpc) is 2.63. The van der Waals surface area contributed by atoms with Gasteiger partial charge in [0.2, 0.25) is 0 Å². The topological polar surface area (TPSA) is 68.0 Å². The van der Waals surface area contributed by atoms with Crippen LogP contribution in [-0.2, 0) is 7.05 Å². The van der Waals surface area contributed by atoms with E-state index in [0.29, 0.717) is 5.03 Å². The van der Waals surface area contributed by atoms with Crippen LogP contribution in [0.5, 0.6) is 0 Å². The molecule has 0 aliphatic carbocycles. The van der Waals surface area contributed by atoms with Gasteiger partial charge in [-0.05, 0) is 12.1 Å². The molecular weight excluding hydrogens is 262 g/mol. The highest BCUT2D eigenvalue weighted by molar-refractivity contribution is 7.99. The van der Waals surface area contributed by atoms with Crippen LogP contribution < -0.4 is 0 Å². The number of carboxylic acids is 1. The highest BCUT2D eigenvalue weighted by atomic mass is 35.5. The average molecular weight is 270 g/mol. The molecule has 2 heterocycles. The molecule has 5 nitrogen and oxygen atoms in total. The van der Waals surface area contributed by atoms with E-state index in [1.54, 1.807) is 24.1 Å². The van der Waals surface area contributed by atoms with Gasteiger partial charge < -0.3 is 5.11 Å². The minimum absolute atomic E-state index is 0.128. The minimum atomic E-state index is -1.03. The van der Waals surface area contributed by atoms with Crippen molar-refractivity contribution in [2.24, 2.45) is 7.05 Å². The number of halogens is 1. The Morgan fingerprint density at radius 1 is 1.53 bits per heavy atom. The van der Waals surface area contributed by atoms with Gasteiger partial charge in [-0.2, -0.15) is 5.10 Å². The third kappa shape index (κ3) is 2.78. The molecule has 17 heavy (non-hydrogen) atoms. The maximum atomic E-state index is 11.0. The zero-order chi connectivity index (χ0) is 12.4. The molecule has 2 rings (SSSR count). The molecule has 0 aliphatic rings. The number of carbonyl (C=O) groups is 1. The monoisotopic (exact) mass is 269 g/mol.